The van der Waals surface area contributed by atoms with E-state index in [2.05, 4.69) is 10.8 Å². The highest BCUT2D eigenvalue weighted by Crippen LogP contribution is 1.91. The number of ether oxygens (including phenoxy) is 4. The minimum atomic E-state index is 0.0282. The molecule has 0 aliphatic rings. The van der Waals surface area contributed by atoms with Gasteiger partial charge in [0, 0.05) is 19.6 Å². The maximum atomic E-state index is 8.67. The molecule has 0 aliphatic heterocycles. The SMILES string of the molecule is C#CCOCCOCCN(CCOCCO)CCOCCO. The summed E-state index contributed by atoms with van der Waals surface area (Å²) in [5, 5.41) is 17.3. The number of hydrogen-bond acceptors (Lipinski definition) is 7. The predicted octanol–water partition coefficient (Wildman–Crippen LogP) is -1.03. The zero-order valence-electron chi connectivity index (χ0n) is 13.2. The van der Waals surface area contributed by atoms with Crippen molar-refractivity contribution in [3.63, 3.8) is 0 Å². The molecular weight excluding hydrogens is 290 g/mol. The highest BCUT2D eigenvalue weighted by molar-refractivity contribution is 4.82. The summed E-state index contributed by atoms with van der Waals surface area (Å²) in [5.74, 6) is 2.39. The molecule has 0 saturated carbocycles. The Morgan fingerprint density at radius 1 is 0.682 bits per heavy atom. The van der Waals surface area contributed by atoms with Crippen molar-refractivity contribution in [3.8, 4) is 12.3 Å². The Kier molecular flexibility index (Phi) is 17.7. The number of nitrogens with zero attached hydrogens (tertiary/aromatic N) is 1. The van der Waals surface area contributed by atoms with Gasteiger partial charge in [-0.05, 0) is 0 Å². The van der Waals surface area contributed by atoms with Gasteiger partial charge in [-0.25, -0.2) is 0 Å². The molecule has 22 heavy (non-hydrogen) atoms. The van der Waals surface area contributed by atoms with E-state index >= 15 is 0 Å². The number of terminal acetylenes is 1. The summed E-state index contributed by atoms with van der Waals surface area (Å²) in [4.78, 5) is 2.15. The molecule has 7 heteroatoms. The Labute approximate surface area is 133 Å². The van der Waals surface area contributed by atoms with Crippen LogP contribution in [-0.4, -0.2) is 101 Å². The lowest BCUT2D eigenvalue weighted by molar-refractivity contribution is 0.0256. The van der Waals surface area contributed by atoms with Crippen molar-refractivity contribution in [3.05, 3.63) is 0 Å². The molecular formula is C15H29NO6. The fourth-order valence-electron chi connectivity index (χ4n) is 1.60. The summed E-state index contributed by atoms with van der Waals surface area (Å²) in [6.45, 7) is 5.95. The molecule has 0 unspecified atom stereocenters. The van der Waals surface area contributed by atoms with Crippen molar-refractivity contribution in [2.24, 2.45) is 0 Å². The predicted molar refractivity (Wildman–Crippen MR) is 82.7 cm³/mol. The van der Waals surface area contributed by atoms with Gasteiger partial charge in [0.1, 0.15) is 6.61 Å². The van der Waals surface area contributed by atoms with Crippen LogP contribution in [-0.2, 0) is 18.9 Å². The van der Waals surface area contributed by atoms with Gasteiger partial charge in [-0.15, -0.1) is 6.42 Å². The Balaban J connectivity index is 3.68. The first-order valence-corrected chi connectivity index (χ1v) is 7.53. The highest BCUT2D eigenvalue weighted by Gasteiger charge is 2.05. The van der Waals surface area contributed by atoms with Crippen LogP contribution in [0.25, 0.3) is 0 Å². The first-order valence-electron chi connectivity index (χ1n) is 7.53. The third-order valence-electron chi connectivity index (χ3n) is 2.68. The summed E-state index contributed by atoms with van der Waals surface area (Å²) >= 11 is 0. The van der Waals surface area contributed by atoms with E-state index in [1.165, 1.54) is 0 Å². The lowest BCUT2D eigenvalue weighted by Gasteiger charge is -2.22. The molecule has 0 heterocycles. The van der Waals surface area contributed by atoms with E-state index in [-0.39, 0.29) is 13.2 Å². The van der Waals surface area contributed by atoms with E-state index in [1.807, 2.05) is 0 Å². The van der Waals surface area contributed by atoms with Crippen LogP contribution in [0.15, 0.2) is 0 Å². The Bertz CT molecular complexity index is 247. The van der Waals surface area contributed by atoms with Gasteiger partial charge in [0.2, 0.25) is 0 Å². The molecule has 0 fully saturated rings. The fraction of sp³-hybridized carbons (Fsp3) is 0.867. The summed E-state index contributed by atoms with van der Waals surface area (Å²) in [7, 11) is 0. The van der Waals surface area contributed by atoms with Crippen LogP contribution in [0.5, 0.6) is 0 Å². The van der Waals surface area contributed by atoms with Gasteiger partial charge in [0.05, 0.1) is 59.5 Å². The molecule has 0 aromatic carbocycles. The Hall–Kier alpha value is -0.720. The molecule has 0 aromatic rings. The number of aliphatic hydroxyl groups excluding tert-OH is 2. The van der Waals surface area contributed by atoms with Crippen molar-refractivity contribution in [2.45, 2.75) is 0 Å². The lowest BCUT2D eigenvalue weighted by atomic mass is 10.4. The van der Waals surface area contributed by atoms with E-state index in [1.54, 1.807) is 0 Å². The average Bonchev–Trinajstić information content (AvgIpc) is 2.53. The topological polar surface area (TPSA) is 80.6 Å². The lowest BCUT2D eigenvalue weighted by Crippen LogP contribution is -2.34. The molecule has 0 amide bonds. The Morgan fingerprint density at radius 2 is 1.14 bits per heavy atom. The van der Waals surface area contributed by atoms with Crippen molar-refractivity contribution >= 4 is 0 Å². The first-order chi connectivity index (χ1) is 10.8. The van der Waals surface area contributed by atoms with E-state index < -0.39 is 0 Å². The zero-order chi connectivity index (χ0) is 16.3. The zero-order valence-corrected chi connectivity index (χ0v) is 13.2. The van der Waals surface area contributed by atoms with Crippen LogP contribution in [0.3, 0.4) is 0 Å². The molecule has 0 aromatic heterocycles. The fourth-order valence-corrected chi connectivity index (χ4v) is 1.60. The van der Waals surface area contributed by atoms with Gasteiger partial charge in [-0.2, -0.15) is 0 Å². The molecule has 0 bridgehead atoms. The minimum Gasteiger partial charge on any atom is -0.394 e. The number of rotatable bonds is 17. The molecule has 0 rings (SSSR count). The second-order valence-corrected chi connectivity index (χ2v) is 4.38. The quantitative estimate of drug-likeness (QED) is 0.262. The third-order valence-corrected chi connectivity index (χ3v) is 2.68. The van der Waals surface area contributed by atoms with Gasteiger partial charge in [0.15, 0.2) is 0 Å². The summed E-state index contributed by atoms with van der Waals surface area (Å²) < 4.78 is 21.1. The largest absolute Gasteiger partial charge is 0.394 e. The molecule has 130 valence electrons. The van der Waals surface area contributed by atoms with E-state index in [9.17, 15) is 0 Å². The van der Waals surface area contributed by atoms with Crippen LogP contribution in [0, 0.1) is 12.3 Å². The molecule has 0 atom stereocenters. The normalized spacial score (nSPS) is 11.0. The molecule has 0 spiro atoms. The second-order valence-electron chi connectivity index (χ2n) is 4.38. The summed E-state index contributed by atoms with van der Waals surface area (Å²) in [6.07, 6.45) is 5.07. The number of aliphatic hydroxyl groups is 2. The molecule has 2 N–H and O–H groups in total. The molecule has 0 radical (unpaired) electrons. The minimum absolute atomic E-state index is 0.0282. The smallest absolute Gasteiger partial charge is 0.107 e. The van der Waals surface area contributed by atoms with Crippen molar-refractivity contribution in [2.75, 3.05) is 85.7 Å². The summed E-state index contributed by atoms with van der Waals surface area (Å²) in [6, 6.07) is 0. The van der Waals surface area contributed by atoms with E-state index in [4.69, 9.17) is 35.6 Å². The van der Waals surface area contributed by atoms with Gasteiger partial charge in [-0.1, -0.05) is 5.92 Å². The van der Waals surface area contributed by atoms with Gasteiger partial charge in [-0.3, -0.25) is 4.90 Å². The number of hydrogen-bond donors (Lipinski definition) is 2. The van der Waals surface area contributed by atoms with E-state index in [0.717, 1.165) is 19.6 Å². The maximum Gasteiger partial charge on any atom is 0.107 e. The van der Waals surface area contributed by atoms with Crippen LogP contribution in [0.1, 0.15) is 0 Å². The standard InChI is InChI=1S/C15H29NO6/c1-2-8-19-14-15-22-11-5-16(3-9-20-12-6-17)4-10-21-13-7-18/h1,17-18H,3-15H2. The van der Waals surface area contributed by atoms with Gasteiger partial charge in [0.25, 0.3) is 0 Å². The maximum absolute atomic E-state index is 8.67. The average molecular weight is 319 g/mol. The van der Waals surface area contributed by atoms with Gasteiger partial charge >= 0.3 is 0 Å². The molecule has 0 saturated heterocycles. The van der Waals surface area contributed by atoms with Crippen LogP contribution < -0.4 is 0 Å². The first kappa shape index (κ1) is 21.3. The molecule has 0 aliphatic carbocycles. The van der Waals surface area contributed by atoms with Crippen molar-refractivity contribution in [1.29, 1.82) is 0 Å². The van der Waals surface area contributed by atoms with E-state index in [0.29, 0.717) is 52.9 Å². The Morgan fingerprint density at radius 3 is 1.59 bits per heavy atom. The second kappa shape index (κ2) is 18.3. The van der Waals surface area contributed by atoms with Crippen LogP contribution in [0.2, 0.25) is 0 Å². The monoisotopic (exact) mass is 319 g/mol. The third kappa shape index (κ3) is 15.7. The van der Waals surface area contributed by atoms with Crippen LogP contribution >= 0.6 is 0 Å². The van der Waals surface area contributed by atoms with Crippen molar-refractivity contribution in [1.82, 2.24) is 4.90 Å². The van der Waals surface area contributed by atoms with Crippen LogP contribution in [0.4, 0.5) is 0 Å². The summed E-state index contributed by atoms with van der Waals surface area (Å²) in [5.41, 5.74) is 0. The van der Waals surface area contributed by atoms with Crippen molar-refractivity contribution < 1.29 is 29.2 Å². The molecule has 7 nitrogen and oxygen atoms in total. The highest BCUT2D eigenvalue weighted by atomic mass is 16.5. The van der Waals surface area contributed by atoms with Gasteiger partial charge < -0.3 is 29.2 Å².